The Kier molecular flexibility index (Phi) is 3.42. The molecule has 23 heavy (non-hydrogen) atoms. The standard InChI is InChI=1S/C22H21N/c1-16-21(17-8-4-3-5-9-17)14-18-10-6-7-11-20(18)22(16)19-12-13-23(2)15-19/h3-11,14-15H,12-13H2,1-2H3. The number of hydrogen-bond donors (Lipinski definition) is 0. The molecule has 0 saturated carbocycles. The lowest BCUT2D eigenvalue weighted by Crippen LogP contribution is -2.04. The first-order valence-corrected chi connectivity index (χ1v) is 8.23. The van der Waals surface area contributed by atoms with E-state index in [-0.39, 0.29) is 0 Å². The zero-order valence-electron chi connectivity index (χ0n) is 13.7. The molecule has 0 N–H and O–H groups in total. The van der Waals surface area contributed by atoms with Crippen LogP contribution in [0.2, 0.25) is 0 Å². The monoisotopic (exact) mass is 299 g/mol. The molecule has 1 heteroatoms. The largest absolute Gasteiger partial charge is 0.380 e. The molecule has 1 aliphatic heterocycles. The highest BCUT2D eigenvalue weighted by Gasteiger charge is 2.18. The van der Waals surface area contributed by atoms with Crippen LogP contribution in [0.1, 0.15) is 17.5 Å². The number of hydrogen-bond acceptors (Lipinski definition) is 1. The minimum Gasteiger partial charge on any atom is -0.380 e. The fourth-order valence-electron chi connectivity index (χ4n) is 3.66. The van der Waals surface area contributed by atoms with Gasteiger partial charge < -0.3 is 4.90 Å². The molecule has 0 radical (unpaired) electrons. The molecule has 114 valence electrons. The van der Waals surface area contributed by atoms with Crippen molar-refractivity contribution in [1.82, 2.24) is 4.90 Å². The maximum absolute atomic E-state index is 2.34. The number of nitrogens with zero attached hydrogens (tertiary/aromatic N) is 1. The molecule has 3 aromatic rings. The van der Waals surface area contributed by atoms with E-state index < -0.39 is 0 Å². The third-order valence-electron chi connectivity index (χ3n) is 4.82. The van der Waals surface area contributed by atoms with Gasteiger partial charge in [-0.1, -0.05) is 54.6 Å². The maximum atomic E-state index is 2.34. The van der Waals surface area contributed by atoms with E-state index in [0.29, 0.717) is 0 Å². The molecular formula is C22H21N. The summed E-state index contributed by atoms with van der Waals surface area (Å²) in [5.74, 6) is 0. The van der Waals surface area contributed by atoms with Crippen LogP contribution in [0, 0.1) is 6.92 Å². The van der Waals surface area contributed by atoms with E-state index in [1.807, 2.05) is 0 Å². The molecule has 1 aliphatic rings. The Balaban J connectivity index is 2.03. The first-order valence-electron chi connectivity index (χ1n) is 8.23. The molecule has 0 bridgehead atoms. The maximum Gasteiger partial charge on any atom is 0.0210 e. The Bertz CT molecular complexity index is 890. The summed E-state index contributed by atoms with van der Waals surface area (Å²) in [6.07, 6.45) is 3.43. The van der Waals surface area contributed by atoms with Gasteiger partial charge >= 0.3 is 0 Å². The van der Waals surface area contributed by atoms with Crippen molar-refractivity contribution in [2.45, 2.75) is 13.3 Å². The molecule has 0 fully saturated rings. The van der Waals surface area contributed by atoms with Gasteiger partial charge in [0.25, 0.3) is 0 Å². The predicted molar refractivity (Wildman–Crippen MR) is 99.3 cm³/mol. The van der Waals surface area contributed by atoms with Gasteiger partial charge in [0.2, 0.25) is 0 Å². The van der Waals surface area contributed by atoms with Crippen LogP contribution in [-0.2, 0) is 0 Å². The van der Waals surface area contributed by atoms with Crippen molar-refractivity contribution in [3.63, 3.8) is 0 Å². The van der Waals surface area contributed by atoms with Crippen molar-refractivity contribution < 1.29 is 0 Å². The van der Waals surface area contributed by atoms with Crippen LogP contribution in [0.4, 0.5) is 0 Å². The van der Waals surface area contributed by atoms with Crippen molar-refractivity contribution in [2.75, 3.05) is 13.6 Å². The van der Waals surface area contributed by atoms with Crippen LogP contribution in [-0.4, -0.2) is 18.5 Å². The van der Waals surface area contributed by atoms with E-state index in [9.17, 15) is 0 Å². The topological polar surface area (TPSA) is 3.24 Å². The SMILES string of the molecule is Cc1c(-c2ccccc2)cc2ccccc2c1C1=CN(C)CC1. The van der Waals surface area contributed by atoms with E-state index in [1.165, 1.54) is 38.6 Å². The molecule has 3 aromatic carbocycles. The van der Waals surface area contributed by atoms with Crippen molar-refractivity contribution >= 4 is 16.3 Å². The second-order valence-corrected chi connectivity index (χ2v) is 6.40. The van der Waals surface area contributed by atoms with E-state index >= 15 is 0 Å². The van der Waals surface area contributed by atoms with Gasteiger partial charge in [0.15, 0.2) is 0 Å². The third kappa shape index (κ3) is 2.43. The highest BCUT2D eigenvalue weighted by molar-refractivity contribution is 5.99. The van der Waals surface area contributed by atoms with Crippen LogP contribution < -0.4 is 0 Å². The van der Waals surface area contributed by atoms with Crippen LogP contribution >= 0.6 is 0 Å². The normalized spacial score (nSPS) is 14.3. The molecule has 0 amide bonds. The van der Waals surface area contributed by atoms with E-state index in [4.69, 9.17) is 0 Å². The van der Waals surface area contributed by atoms with Crippen LogP contribution in [0.3, 0.4) is 0 Å². The Morgan fingerprint density at radius 3 is 2.39 bits per heavy atom. The van der Waals surface area contributed by atoms with Crippen molar-refractivity contribution in [3.8, 4) is 11.1 Å². The summed E-state index contributed by atoms with van der Waals surface area (Å²) in [6, 6.07) is 21.8. The minimum absolute atomic E-state index is 1.11. The lowest BCUT2D eigenvalue weighted by molar-refractivity contribution is 0.496. The second kappa shape index (κ2) is 5.58. The van der Waals surface area contributed by atoms with Crippen molar-refractivity contribution in [2.24, 2.45) is 0 Å². The highest BCUT2D eigenvalue weighted by Crippen LogP contribution is 2.38. The van der Waals surface area contributed by atoms with Crippen molar-refractivity contribution in [1.29, 1.82) is 0 Å². The van der Waals surface area contributed by atoms with Gasteiger partial charge in [-0.2, -0.15) is 0 Å². The zero-order chi connectivity index (χ0) is 15.8. The fraction of sp³-hybridized carbons (Fsp3) is 0.182. The van der Waals surface area contributed by atoms with Gasteiger partial charge in [-0.05, 0) is 58.0 Å². The molecule has 0 aliphatic carbocycles. The Labute approximate surface area is 137 Å². The first kappa shape index (κ1) is 14.1. The smallest absolute Gasteiger partial charge is 0.0210 e. The average molecular weight is 299 g/mol. The van der Waals surface area contributed by atoms with E-state index in [2.05, 4.69) is 85.7 Å². The molecule has 0 unspecified atom stereocenters. The fourth-order valence-corrected chi connectivity index (χ4v) is 3.66. The van der Waals surface area contributed by atoms with Gasteiger partial charge in [0, 0.05) is 19.8 Å². The quantitative estimate of drug-likeness (QED) is 0.604. The summed E-state index contributed by atoms with van der Waals surface area (Å²) in [4.78, 5) is 2.29. The predicted octanol–water partition coefficient (Wildman–Crippen LogP) is 5.49. The lowest BCUT2D eigenvalue weighted by Gasteiger charge is -2.16. The molecule has 1 nitrogen and oxygen atoms in total. The molecular weight excluding hydrogens is 278 g/mol. The minimum atomic E-state index is 1.11. The summed E-state index contributed by atoms with van der Waals surface area (Å²) in [5, 5.41) is 2.69. The average Bonchev–Trinajstić information content (AvgIpc) is 3.01. The van der Waals surface area contributed by atoms with E-state index in [1.54, 1.807) is 0 Å². The molecule has 1 heterocycles. The van der Waals surface area contributed by atoms with Crippen LogP contribution in [0.15, 0.2) is 66.9 Å². The molecule has 4 rings (SSSR count). The van der Waals surface area contributed by atoms with Gasteiger partial charge in [-0.25, -0.2) is 0 Å². The summed E-state index contributed by atoms with van der Waals surface area (Å²) < 4.78 is 0. The van der Waals surface area contributed by atoms with Gasteiger partial charge in [-0.3, -0.25) is 0 Å². The first-order chi connectivity index (χ1) is 11.2. The summed E-state index contributed by atoms with van der Waals surface area (Å²) in [5.41, 5.74) is 6.90. The molecule has 0 aromatic heterocycles. The highest BCUT2D eigenvalue weighted by atomic mass is 15.1. The summed E-state index contributed by atoms with van der Waals surface area (Å²) >= 11 is 0. The van der Waals surface area contributed by atoms with Crippen LogP contribution in [0.5, 0.6) is 0 Å². The summed E-state index contributed by atoms with van der Waals surface area (Å²) in [7, 11) is 2.16. The van der Waals surface area contributed by atoms with Gasteiger partial charge in [0.05, 0.1) is 0 Å². The van der Waals surface area contributed by atoms with E-state index in [0.717, 1.165) is 13.0 Å². The lowest BCUT2D eigenvalue weighted by atomic mass is 9.87. The molecule has 0 saturated heterocycles. The number of fused-ring (bicyclic) bond motifs is 1. The second-order valence-electron chi connectivity index (χ2n) is 6.40. The molecule has 0 spiro atoms. The summed E-state index contributed by atoms with van der Waals surface area (Å²) in [6.45, 7) is 3.38. The Morgan fingerprint density at radius 2 is 1.65 bits per heavy atom. The molecule has 0 atom stereocenters. The zero-order valence-corrected chi connectivity index (χ0v) is 13.7. The number of benzene rings is 3. The van der Waals surface area contributed by atoms with Crippen LogP contribution in [0.25, 0.3) is 27.5 Å². The van der Waals surface area contributed by atoms with Gasteiger partial charge in [0.1, 0.15) is 0 Å². The Hall–Kier alpha value is -2.54. The van der Waals surface area contributed by atoms with Crippen molar-refractivity contribution in [3.05, 3.63) is 78.0 Å². The third-order valence-corrected chi connectivity index (χ3v) is 4.82. The Morgan fingerprint density at radius 1 is 0.913 bits per heavy atom. The van der Waals surface area contributed by atoms with Gasteiger partial charge in [-0.15, -0.1) is 0 Å². The number of rotatable bonds is 2.